The number of nitrogens with one attached hydrogen (secondary N) is 1. The first-order valence-corrected chi connectivity index (χ1v) is 10.9. The lowest BCUT2D eigenvalue weighted by Gasteiger charge is -2.25. The van der Waals surface area contributed by atoms with E-state index in [2.05, 4.69) is 5.32 Å². The first kappa shape index (κ1) is 20.7. The summed E-state index contributed by atoms with van der Waals surface area (Å²) >= 11 is 0. The van der Waals surface area contributed by atoms with Crippen molar-refractivity contribution in [2.24, 2.45) is 7.05 Å². The van der Waals surface area contributed by atoms with Crippen molar-refractivity contribution in [3.8, 4) is 11.3 Å². The average Bonchev–Trinajstić information content (AvgIpc) is 3.13. The molecule has 1 fully saturated rings. The molecule has 0 unspecified atom stereocenters. The van der Waals surface area contributed by atoms with E-state index in [4.69, 9.17) is 0 Å². The molecular weight excluding hydrogens is 414 g/mol. The van der Waals surface area contributed by atoms with Crippen LogP contribution in [0, 0.1) is 0 Å². The van der Waals surface area contributed by atoms with Crippen molar-refractivity contribution in [1.29, 1.82) is 0 Å². The molecule has 1 aliphatic rings. The van der Waals surface area contributed by atoms with E-state index in [1.165, 1.54) is 4.90 Å². The van der Waals surface area contributed by atoms with Crippen LogP contribution < -0.4 is 10.2 Å². The Hall–Kier alpha value is -4.19. The molecule has 0 bridgehead atoms. The molecule has 0 atom stereocenters. The van der Waals surface area contributed by atoms with Crippen LogP contribution >= 0.6 is 0 Å². The van der Waals surface area contributed by atoms with E-state index in [1.807, 2.05) is 66.2 Å². The van der Waals surface area contributed by atoms with Crippen molar-refractivity contribution in [2.45, 2.75) is 19.3 Å². The Labute approximate surface area is 191 Å². The number of piperidine rings is 1. The molecule has 4 aromatic rings. The van der Waals surface area contributed by atoms with Crippen LogP contribution in [0.5, 0.6) is 0 Å². The third-order valence-corrected chi connectivity index (χ3v) is 6.04. The molecule has 1 aliphatic heterocycles. The number of nitrogens with zero attached hydrogens (tertiary/aromatic N) is 2. The van der Waals surface area contributed by atoms with Gasteiger partial charge in [0.25, 0.3) is 5.91 Å². The summed E-state index contributed by atoms with van der Waals surface area (Å²) in [7, 11) is 1.96. The highest BCUT2D eigenvalue weighted by Gasteiger charge is 2.27. The largest absolute Gasteiger partial charge is 0.343 e. The number of aromatic nitrogens is 1. The van der Waals surface area contributed by atoms with Crippen LogP contribution in [0.25, 0.3) is 22.2 Å². The SMILES string of the molecule is Cn1c(-c2ccccc2)c(C(=O)Nc2ccc(N3C(=O)CCCC3=O)cc2)c2ccccc21. The monoisotopic (exact) mass is 437 g/mol. The number of amides is 3. The minimum Gasteiger partial charge on any atom is -0.343 e. The number of hydrogen-bond donors (Lipinski definition) is 1. The first-order valence-electron chi connectivity index (χ1n) is 10.9. The number of anilines is 2. The quantitative estimate of drug-likeness (QED) is 0.449. The molecule has 1 saturated heterocycles. The van der Waals surface area contributed by atoms with Crippen LogP contribution in [0.2, 0.25) is 0 Å². The van der Waals surface area contributed by atoms with Crippen molar-refractivity contribution >= 4 is 40.0 Å². The maximum absolute atomic E-state index is 13.5. The Morgan fingerprint density at radius 3 is 2.15 bits per heavy atom. The number of carbonyl (C=O) groups excluding carboxylic acids is 3. The van der Waals surface area contributed by atoms with Crippen molar-refractivity contribution in [3.63, 3.8) is 0 Å². The van der Waals surface area contributed by atoms with Gasteiger partial charge in [0.2, 0.25) is 11.8 Å². The summed E-state index contributed by atoms with van der Waals surface area (Å²) in [5.74, 6) is -0.596. The number of hydrogen-bond acceptors (Lipinski definition) is 3. The van der Waals surface area contributed by atoms with E-state index in [1.54, 1.807) is 24.3 Å². The molecular formula is C27H23N3O3. The topological polar surface area (TPSA) is 71.4 Å². The number of fused-ring (bicyclic) bond motifs is 1. The average molecular weight is 437 g/mol. The second-order valence-corrected chi connectivity index (χ2v) is 8.14. The Balaban J connectivity index is 1.49. The highest BCUT2D eigenvalue weighted by atomic mass is 16.2. The van der Waals surface area contributed by atoms with Crippen LogP contribution in [0.3, 0.4) is 0 Å². The summed E-state index contributed by atoms with van der Waals surface area (Å²) in [6, 6.07) is 24.5. The molecule has 6 heteroatoms. The second-order valence-electron chi connectivity index (χ2n) is 8.14. The summed E-state index contributed by atoms with van der Waals surface area (Å²) in [4.78, 5) is 39.1. The van der Waals surface area contributed by atoms with Gasteiger partial charge in [-0.1, -0.05) is 48.5 Å². The fraction of sp³-hybridized carbons (Fsp3) is 0.148. The van der Waals surface area contributed by atoms with Gasteiger partial charge in [-0.15, -0.1) is 0 Å². The highest BCUT2D eigenvalue weighted by molar-refractivity contribution is 6.18. The molecule has 3 amide bonds. The molecule has 0 spiro atoms. The van der Waals surface area contributed by atoms with Crippen LogP contribution in [0.4, 0.5) is 11.4 Å². The van der Waals surface area contributed by atoms with Gasteiger partial charge in [0.05, 0.1) is 16.9 Å². The molecule has 1 N–H and O–H groups in total. The summed E-state index contributed by atoms with van der Waals surface area (Å²) in [6.45, 7) is 0. The van der Waals surface area contributed by atoms with E-state index >= 15 is 0 Å². The fourth-order valence-electron chi connectivity index (χ4n) is 4.49. The fourth-order valence-corrected chi connectivity index (χ4v) is 4.49. The molecule has 0 radical (unpaired) electrons. The van der Waals surface area contributed by atoms with Gasteiger partial charge in [-0.25, -0.2) is 0 Å². The molecule has 164 valence electrons. The number of carbonyl (C=O) groups is 3. The lowest BCUT2D eigenvalue weighted by Crippen LogP contribution is -2.40. The zero-order valence-corrected chi connectivity index (χ0v) is 18.2. The molecule has 0 aliphatic carbocycles. The number of para-hydroxylation sites is 1. The predicted molar refractivity (Wildman–Crippen MR) is 129 cm³/mol. The molecule has 1 aromatic heterocycles. The summed E-state index contributed by atoms with van der Waals surface area (Å²) in [5, 5.41) is 3.86. The van der Waals surface area contributed by atoms with Crippen LogP contribution in [0.1, 0.15) is 29.6 Å². The van der Waals surface area contributed by atoms with Gasteiger partial charge in [-0.3, -0.25) is 19.3 Å². The zero-order chi connectivity index (χ0) is 22.9. The van der Waals surface area contributed by atoms with Crippen LogP contribution in [-0.2, 0) is 16.6 Å². The van der Waals surface area contributed by atoms with Gasteiger partial charge in [-0.2, -0.15) is 0 Å². The van der Waals surface area contributed by atoms with E-state index < -0.39 is 0 Å². The van der Waals surface area contributed by atoms with Gasteiger partial charge in [-0.05, 0) is 42.3 Å². The Kier molecular flexibility index (Phi) is 5.26. The maximum Gasteiger partial charge on any atom is 0.258 e. The van der Waals surface area contributed by atoms with Crippen LogP contribution in [-0.4, -0.2) is 22.3 Å². The van der Waals surface area contributed by atoms with Crippen LogP contribution in [0.15, 0.2) is 78.9 Å². The Morgan fingerprint density at radius 2 is 1.45 bits per heavy atom. The molecule has 2 heterocycles. The Morgan fingerprint density at radius 1 is 0.818 bits per heavy atom. The molecule has 3 aromatic carbocycles. The number of benzene rings is 3. The predicted octanol–water partition coefficient (Wildman–Crippen LogP) is 5.14. The number of imide groups is 1. The normalized spacial score (nSPS) is 14.0. The zero-order valence-electron chi connectivity index (χ0n) is 18.2. The maximum atomic E-state index is 13.5. The van der Waals surface area contributed by atoms with E-state index in [0.29, 0.717) is 36.2 Å². The second kappa shape index (κ2) is 8.39. The third-order valence-electron chi connectivity index (χ3n) is 6.04. The molecule has 5 rings (SSSR count). The lowest BCUT2D eigenvalue weighted by atomic mass is 10.0. The highest BCUT2D eigenvalue weighted by Crippen LogP contribution is 2.34. The first-order chi connectivity index (χ1) is 16.0. The third kappa shape index (κ3) is 3.69. The molecule has 0 saturated carbocycles. The van der Waals surface area contributed by atoms with Gasteiger partial charge < -0.3 is 9.88 Å². The van der Waals surface area contributed by atoms with Crippen molar-refractivity contribution in [1.82, 2.24) is 4.57 Å². The van der Waals surface area contributed by atoms with E-state index in [-0.39, 0.29) is 17.7 Å². The van der Waals surface area contributed by atoms with Gasteiger partial charge in [0.1, 0.15) is 0 Å². The van der Waals surface area contributed by atoms with E-state index in [0.717, 1.165) is 22.2 Å². The smallest absolute Gasteiger partial charge is 0.258 e. The summed E-state index contributed by atoms with van der Waals surface area (Å²) < 4.78 is 2.04. The van der Waals surface area contributed by atoms with Gasteiger partial charge in [0.15, 0.2) is 0 Å². The molecule has 33 heavy (non-hydrogen) atoms. The van der Waals surface area contributed by atoms with Crippen molar-refractivity contribution < 1.29 is 14.4 Å². The Bertz CT molecular complexity index is 1360. The van der Waals surface area contributed by atoms with Gasteiger partial charge >= 0.3 is 0 Å². The van der Waals surface area contributed by atoms with E-state index in [9.17, 15) is 14.4 Å². The summed E-state index contributed by atoms with van der Waals surface area (Å²) in [6.07, 6.45) is 1.33. The minimum absolute atomic E-state index is 0.189. The van der Waals surface area contributed by atoms with Gasteiger partial charge in [0, 0.05) is 36.5 Å². The summed E-state index contributed by atoms with van der Waals surface area (Å²) in [5.41, 5.74) is 4.49. The lowest BCUT2D eigenvalue weighted by molar-refractivity contribution is -0.129. The number of rotatable bonds is 4. The number of aryl methyl sites for hydroxylation is 1. The molecule has 6 nitrogen and oxygen atoms in total. The van der Waals surface area contributed by atoms with Crippen molar-refractivity contribution in [2.75, 3.05) is 10.2 Å². The minimum atomic E-state index is -0.219. The standard InChI is InChI=1S/C27H23N3O3/c1-29-22-11-6-5-10-21(22)25(26(29)18-8-3-2-4-9-18)27(33)28-19-14-16-20(17-15-19)30-23(31)12-7-13-24(30)32/h2-6,8-11,14-17H,7,12-13H2,1H3,(H,28,33). The van der Waals surface area contributed by atoms with Crippen molar-refractivity contribution in [3.05, 3.63) is 84.4 Å².